The first-order valence-corrected chi connectivity index (χ1v) is 8.39. The molecule has 20 heavy (non-hydrogen) atoms. The topological polar surface area (TPSA) is 92.9 Å². The number of hydrogen-bond acceptors (Lipinski definition) is 5. The van der Waals surface area contributed by atoms with E-state index in [4.69, 9.17) is 10.5 Å². The van der Waals surface area contributed by atoms with Crippen molar-refractivity contribution in [1.29, 1.82) is 0 Å². The molecule has 1 aliphatic heterocycles. The standard InChI is InChI=1S/C12H17BrN2O4S/c1-8-5-15(6-9(7-16)19-8)20(17,18)10-2-3-11(13)12(14)4-10/h2-4,8-9,16H,5-7,14H2,1H3. The largest absolute Gasteiger partial charge is 0.398 e. The molecule has 2 unspecified atom stereocenters. The molecular weight excluding hydrogens is 348 g/mol. The third-order valence-electron chi connectivity index (χ3n) is 3.10. The van der Waals surface area contributed by atoms with E-state index in [9.17, 15) is 13.5 Å². The highest BCUT2D eigenvalue weighted by Crippen LogP contribution is 2.26. The van der Waals surface area contributed by atoms with Gasteiger partial charge in [0.1, 0.15) is 0 Å². The molecule has 0 bridgehead atoms. The summed E-state index contributed by atoms with van der Waals surface area (Å²) in [5.74, 6) is 0. The fourth-order valence-electron chi connectivity index (χ4n) is 2.13. The molecule has 1 saturated heterocycles. The second-order valence-corrected chi connectivity index (χ2v) is 7.55. The van der Waals surface area contributed by atoms with E-state index < -0.39 is 16.1 Å². The lowest BCUT2D eigenvalue weighted by Crippen LogP contribution is -2.50. The van der Waals surface area contributed by atoms with Gasteiger partial charge < -0.3 is 15.6 Å². The molecule has 0 spiro atoms. The summed E-state index contributed by atoms with van der Waals surface area (Å²) in [7, 11) is -3.64. The number of morpholine rings is 1. The van der Waals surface area contributed by atoms with E-state index in [0.717, 1.165) is 0 Å². The molecule has 0 radical (unpaired) electrons. The molecule has 8 heteroatoms. The lowest BCUT2D eigenvalue weighted by molar-refractivity contribution is -0.0750. The minimum absolute atomic E-state index is 0.138. The Labute approximate surface area is 126 Å². The van der Waals surface area contributed by atoms with Crippen LogP contribution in [0.2, 0.25) is 0 Å². The number of hydrogen-bond donors (Lipinski definition) is 2. The fraction of sp³-hybridized carbons (Fsp3) is 0.500. The van der Waals surface area contributed by atoms with Gasteiger partial charge in [0.2, 0.25) is 10.0 Å². The average Bonchev–Trinajstić information content (AvgIpc) is 2.41. The first kappa shape index (κ1) is 15.7. The van der Waals surface area contributed by atoms with E-state index >= 15 is 0 Å². The van der Waals surface area contributed by atoms with Crippen molar-refractivity contribution >= 4 is 31.6 Å². The Bertz CT molecular complexity index is 593. The normalized spacial score (nSPS) is 24.8. The predicted octanol–water partition coefficient (Wildman–Crippen LogP) is 0.802. The molecule has 1 fully saturated rings. The zero-order chi connectivity index (χ0) is 14.9. The van der Waals surface area contributed by atoms with Crippen LogP contribution in [-0.2, 0) is 14.8 Å². The van der Waals surface area contributed by atoms with Crippen molar-refractivity contribution in [3.05, 3.63) is 22.7 Å². The molecule has 2 rings (SSSR count). The van der Waals surface area contributed by atoms with Crippen LogP contribution in [0.15, 0.2) is 27.6 Å². The second kappa shape index (κ2) is 5.98. The van der Waals surface area contributed by atoms with Gasteiger partial charge in [-0.15, -0.1) is 0 Å². The highest BCUT2D eigenvalue weighted by atomic mass is 79.9. The van der Waals surface area contributed by atoms with Gasteiger partial charge in [-0.3, -0.25) is 0 Å². The smallest absolute Gasteiger partial charge is 0.243 e. The Balaban J connectivity index is 2.31. The summed E-state index contributed by atoms with van der Waals surface area (Å²) >= 11 is 3.24. The Morgan fingerprint density at radius 3 is 2.80 bits per heavy atom. The minimum Gasteiger partial charge on any atom is -0.398 e. The molecule has 3 N–H and O–H groups in total. The van der Waals surface area contributed by atoms with Crippen LogP contribution < -0.4 is 5.73 Å². The molecule has 1 aliphatic rings. The van der Waals surface area contributed by atoms with Gasteiger partial charge in [0, 0.05) is 23.2 Å². The van der Waals surface area contributed by atoms with Crippen LogP contribution in [0.25, 0.3) is 0 Å². The first-order valence-electron chi connectivity index (χ1n) is 6.16. The van der Waals surface area contributed by atoms with Crippen molar-refractivity contribution in [2.45, 2.75) is 24.0 Å². The zero-order valence-electron chi connectivity index (χ0n) is 11.0. The summed E-state index contributed by atoms with van der Waals surface area (Å²) < 4.78 is 32.6. The highest BCUT2D eigenvalue weighted by molar-refractivity contribution is 9.10. The van der Waals surface area contributed by atoms with E-state index in [0.29, 0.717) is 10.2 Å². The van der Waals surface area contributed by atoms with Gasteiger partial charge in [-0.25, -0.2) is 8.42 Å². The number of rotatable bonds is 3. The van der Waals surface area contributed by atoms with E-state index in [1.54, 1.807) is 13.0 Å². The number of sulfonamides is 1. The molecule has 2 atom stereocenters. The van der Waals surface area contributed by atoms with Crippen molar-refractivity contribution in [3.8, 4) is 0 Å². The van der Waals surface area contributed by atoms with Crippen LogP contribution in [0, 0.1) is 0 Å². The van der Waals surface area contributed by atoms with Gasteiger partial charge in [-0.05, 0) is 41.1 Å². The summed E-state index contributed by atoms with van der Waals surface area (Å²) in [5, 5.41) is 9.17. The third-order valence-corrected chi connectivity index (χ3v) is 5.65. The predicted molar refractivity (Wildman–Crippen MR) is 78.7 cm³/mol. The summed E-state index contributed by atoms with van der Waals surface area (Å²) in [6.07, 6.45) is -0.759. The average molecular weight is 365 g/mol. The fourth-order valence-corrected chi connectivity index (χ4v) is 3.96. The van der Waals surface area contributed by atoms with Crippen LogP contribution in [0.1, 0.15) is 6.92 Å². The van der Waals surface area contributed by atoms with Gasteiger partial charge in [-0.2, -0.15) is 4.31 Å². The highest BCUT2D eigenvalue weighted by Gasteiger charge is 2.33. The van der Waals surface area contributed by atoms with Crippen molar-refractivity contribution in [3.63, 3.8) is 0 Å². The Kier molecular flexibility index (Phi) is 4.70. The van der Waals surface area contributed by atoms with Crippen molar-refractivity contribution in [2.75, 3.05) is 25.4 Å². The van der Waals surface area contributed by atoms with Crippen LogP contribution in [0.4, 0.5) is 5.69 Å². The van der Waals surface area contributed by atoms with E-state index in [-0.39, 0.29) is 30.7 Å². The summed E-state index contributed by atoms with van der Waals surface area (Å²) in [5.41, 5.74) is 6.10. The monoisotopic (exact) mass is 364 g/mol. The number of nitrogens with two attached hydrogens (primary N) is 1. The molecule has 1 heterocycles. The van der Waals surface area contributed by atoms with Gasteiger partial charge in [-0.1, -0.05) is 0 Å². The Hall–Kier alpha value is -0.670. The maximum Gasteiger partial charge on any atom is 0.243 e. The first-order chi connectivity index (χ1) is 9.34. The molecule has 0 amide bonds. The molecule has 1 aromatic carbocycles. The molecule has 0 saturated carbocycles. The van der Waals surface area contributed by atoms with Gasteiger partial charge in [0.05, 0.1) is 23.7 Å². The van der Waals surface area contributed by atoms with E-state index in [2.05, 4.69) is 15.9 Å². The third kappa shape index (κ3) is 3.15. The number of benzene rings is 1. The van der Waals surface area contributed by atoms with Crippen molar-refractivity contribution in [1.82, 2.24) is 4.31 Å². The SMILES string of the molecule is CC1CN(S(=O)(=O)c2ccc(Br)c(N)c2)CC(CO)O1. The van der Waals surface area contributed by atoms with Crippen LogP contribution in [0.3, 0.4) is 0 Å². The maximum absolute atomic E-state index is 12.6. The number of ether oxygens (including phenoxy) is 1. The number of nitrogen functional groups attached to an aromatic ring is 1. The summed E-state index contributed by atoms with van der Waals surface area (Å²) in [6.45, 7) is 1.97. The van der Waals surface area contributed by atoms with Gasteiger partial charge >= 0.3 is 0 Å². The zero-order valence-corrected chi connectivity index (χ0v) is 13.4. The van der Waals surface area contributed by atoms with Crippen molar-refractivity contribution in [2.24, 2.45) is 0 Å². The molecule has 0 aliphatic carbocycles. The van der Waals surface area contributed by atoms with E-state index in [1.807, 2.05) is 0 Å². The second-order valence-electron chi connectivity index (χ2n) is 4.76. The lowest BCUT2D eigenvalue weighted by atomic mass is 10.2. The Morgan fingerprint density at radius 2 is 2.20 bits per heavy atom. The number of aliphatic hydroxyl groups is 1. The molecule has 112 valence electrons. The lowest BCUT2D eigenvalue weighted by Gasteiger charge is -2.35. The number of anilines is 1. The minimum atomic E-state index is -3.64. The van der Waals surface area contributed by atoms with Crippen LogP contribution in [-0.4, -0.2) is 49.7 Å². The summed E-state index contributed by atoms with van der Waals surface area (Å²) in [6, 6.07) is 4.53. The number of aliphatic hydroxyl groups excluding tert-OH is 1. The van der Waals surface area contributed by atoms with Gasteiger partial charge in [0.25, 0.3) is 0 Å². The quantitative estimate of drug-likeness (QED) is 0.773. The number of nitrogens with zero attached hydrogens (tertiary/aromatic N) is 1. The number of halogens is 1. The molecule has 0 aromatic heterocycles. The van der Waals surface area contributed by atoms with Crippen LogP contribution >= 0.6 is 15.9 Å². The van der Waals surface area contributed by atoms with Gasteiger partial charge in [0.15, 0.2) is 0 Å². The Morgan fingerprint density at radius 1 is 1.50 bits per heavy atom. The maximum atomic E-state index is 12.6. The van der Waals surface area contributed by atoms with Crippen LogP contribution in [0.5, 0.6) is 0 Å². The molecule has 6 nitrogen and oxygen atoms in total. The summed E-state index contributed by atoms with van der Waals surface area (Å²) in [4.78, 5) is 0.143. The van der Waals surface area contributed by atoms with E-state index in [1.165, 1.54) is 16.4 Å². The molecular formula is C12H17BrN2O4S. The molecule has 1 aromatic rings. The van der Waals surface area contributed by atoms with Crippen molar-refractivity contribution < 1.29 is 18.3 Å².